The molecule has 3 aliphatic heterocycles. The summed E-state index contributed by atoms with van der Waals surface area (Å²) in [4.78, 5) is 21.5. The van der Waals surface area contributed by atoms with Crippen molar-refractivity contribution in [1.82, 2.24) is 25.4 Å². The summed E-state index contributed by atoms with van der Waals surface area (Å²) in [6, 6.07) is 2.12. The molecule has 0 saturated carbocycles. The lowest BCUT2D eigenvalue weighted by Gasteiger charge is -2.40. The number of nitrogen functional groups attached to an aromatic ring is 1. The highest BCUT2D eigenvalue weighted by molar-refractivity contribution is 7.14. The van der Waals surface area contributed by atoms with Crippen LogP contribution in [0.4, 0.5) is 5.95 Å². The zero-order valence-corrected chi connectivity index (χ0v) is 19.1. The molecule has 0 bridgehead atoms. The lowest BCUT2D eigenvalue weighted by atomic mass is 9.86. The SMILES string of the molecule is Cl.Cl.Nc1n[nH]c(C2CCN(C(=O)c3cc4c(s3)C3(CCNCC3)OCC4)CC2)n1. The van der Waals surface area contributed by atoms with E-state index in [-0.39, 0.29) is 48.2 Å². The first-order chi connectivity index (χ1) is 13.6. The maximum Gasteiger partial charge on any atom is 0.263 e. The number of nitrogens with one attached hydrogen (secondary N) is 2. The van der Waals surface area contributed by atoms with Crippen LogP contribution in [0, 0.1) is 0 Å². The number of carbonyl (C=O) groups excluding carboxylic acids is 1. The number of nitrogens with two attached hydrogens (primary N) is 1. The van der Waals surface area contributed by atoms with Crippen molar-refractivity contribution in [2.75, 3.05) is 38.5 Å². The van der Waals surface area contributed by atoms with Crippen molar-refractivity contribution in [3.05, 3.63) is 27.2 Å². The molecule has 4 N–H and O–H groups in total. The summed E-state index contributed by atoms with van der Waals surface area (Å²) in [5.74, 6) is 1.56. The number of amides is 1. The molecule has 30 heavy (non-hydrogen) atoms. The molecule has 8 nitrogen and oxygen atoms in total. The molecular formula is C19H28Cl2N6O2S. The van der Waals surface area contributed by atoms with Crippen LogP contribution >= 0.6 is 36.2 Å². The molecule has 0 atom stereocenters. The van der Waals surface area contributed by atoms with Crippen molar-refractivity contribution in [2.45, 2.75) is 43.6 Å². The molecule has 5 heterocycles. The second-order valence-corrected chi connectivity index (χ2v) is 9.01. The summed E-state index contributed by atoms with van der Waals surface area (Å²) >= 11 is 1.65. The van der Waals surface area contributed by atoms with E-state index >= 15 is 0 Å². The summed E-state index contributed by atoms with van der Waals surface area (Å²) in [6.07, 6.45) is 4.64. The van der Waals surface area contributed by atoms with Gasteiger partial charge in [0, 0.05) is 23.9 Å². The van der Waals surface area contributed by atoms with Gasteiger partial charge in [0.05, 0.1) is 11.5 Å². The first kappa shape index (κ1) is 23.3. The molecule has 0 aliphatic carbocycles. The zero-order chi connectivity index (χ0) is 19.1. The highest BCUT2D eigenvalue weighted by atomic mass is 35.5. The molecule has 2 aromatic heterocycles. The molecule has 1 spiro atoms. The van der Waals surface area contributed by atoms with Gasteiger partial charge in [-0.3, -0.25) is 9.89 Å². The molecule has 2 aromatic rings. The van der Waals surface area contributed by atoms with Gasteiger partial charge in [0.1, 0.15) is 11.4 Å². The topological polar surface area (TPSA) is 109 Å². The standard InChI is InChI=1S/C19H26N6O2S.2ClH/c20-18-22-16(23-24-18)12-1-8-25(9-2-12)17(26)14-11-13-3-10-27-19(15(13)28-14)4-6-21-7-5-19;;/h11-12,21H,1-10H2,(H3,20,22,23,24);2*1H. The van der Waals surface area contributed by atoms with Crippen LogP contribution in [0.1, 0.15) is 57.5 Å². The fourth-order valence-corrected chi connectivity index (χ4v) is 6.09. The number of ether oxygens (including phenoxy) is 1. The normalized spacial score (nSPS) is 20.9. The molecule has 0 aromatic carbocycles. The Labute approximate surface area is 192 Å². The summed E-state index contributed by atoms with van der Waals surface area (Å²) in [7, 11) is 0. The molecule has 0 unspecified atom stereocenters. The highest BCUT2D eigenvalue weighted by Crippen LogP contribution is 2.44. The third-order valence-corrected chi connectivity index (χ3v) is 7.63. The molecule has 0 radical (unpaired) electrons. The van der Waals surface area contributed by atoms with Gasteiger partial charge < -0.3 is 20.7 Å². The lowest BCUT2D eigenvalue weighted by Crippen LogP contribution is -2.44. The van der Waals surface area contributed by atoms with Crippen molar-refractivity contribution in [1.29, 1.82) is 0 Å². The number of H-pyrrole nitrogens is 1. The van der Waals surface area contributed by atoms with Gasteiger partial charge in [0.15, 0.2) is 0 Å². The fraction of sp³-hybridized carbons (Fsp3) is 0.632. The van der Waals surface area contributed by atoms with Crippen molar-refractivity contribution in [2.24, 2.45) is 0 Å². The first-order valence-electron chi connectivity index (χ1n) is 10.1. The number of anilines is 1. The fourth-order valence-electron chi connectivity index (χ4n) is 4.71. The third-order valence-electron chi connectivity index (χ3n) is 6.28. The quantitative estimate of drug-likeness (QED) is 0.616. The summed E-state index contributed by atoms with van der Waals surface area (Å²) < 4.78 is 6.26. The molecule has 11 heteroatoms. The number of aromatic nitrogens is 3. The Hall–Kier alpha value is -1.39. The average molecular weight is 475 g/mol. The number of fused-ring (bicyclic) bond motifs is 2. The van der Waals surface area contributed by atoms with E-state index in [2.05, 4.69) is 26.6 Å². The minimum Gasteiger partial charge on any atom is -0.369 e. The Balaban J connectivity index is 0.00000128. The Morgan fingerprint density at radius 3 is 2.67 bits per heavy atom. The van der Waals surface area contributed by atoms with Crippen LogP contribution in [0.25, 0.3) is 0 Å². The van der Waals surface area contributed by atoms with Crippen LogP contribution in [0.15, 0.2) is 6.07 Å². The number of aromatic amines is 1. The van der Waals surface area contributed by atoms with Gasteiger partial charge in [-0.15, -0.1) is 41.2 Å². The minimum atomic E-state index is -0.179. The van der Waals surface area contributed by atoms with Gasteiger partial charge in [-0.1, -0.05) is 0 Å². The van der Waals surface area contributed by atoms with Crippen LogP contribution < -0.4 is 11.1 Å². The van der Waals surface area contributed by atoms with E-state index in [9.17, 15) is 4.79 Å². The van der Waals surface area contributed by atoms with Gasteiger partial charge in [-0.2, -0.15) is 4.98 Å². The second-order valence-electron chi connectivity index (χ2n) is 7.95. The molecule has 1 amide bonds. The largest absolute Gasteiger partial charge is 0.369 e. The number of likely N-dealkylation sites (tertiary alicyclic amines) is 1. The van der Waals surface area contributed by atoms with Crippen LogP contribution in [-0.2, 0) is 16.8 Å². The van der Waals surface area contributed by atoms with E-state index in [0.29, 0.717) is 0 Å². The van der Waals surface area contributed by atoms with Crippen molar-refractivity contribution >= 4 is 48.0 Å². The summed E-state index contributed by atoms with van der Waals surface area (Å²) in [6.45, 7) is 4.17. The maximum atomic E-state index is 13.2. The Morgan fingerprint density at radius 2 is 2.00 bits per heavy atom. The van der Waals surface area contributed by atoms with E-state index in [1.165, 1.54) is 10.4 Å². The number of carbonyl (C=O) groups is 1. The number of piperidine rings is 2. The van der Waals surface area contributed by atoms with Gasteiger partial charge in [-0.05, 0) is 56.8 Å². The molecular weight excluding hydrogens is 447 g/mol. The summed E-state index contributed by atoms with van der Waals surface area (Å²) in [5, 5.41) is 10.2. The van der Waals surface area contributed by atoms with Gasteiger partial charge in [0.2, 0.25) is 5.95 Å². The van der Waals surface area contributed by atoms with Gasteiger partial charge >= 0.3 is 0 Å². The van der Waals surface area contributed by atoms with E-state index in [4.69, 9.17) is 10.5 Å². The number of halogens is 2. The number of hydrogen-bond donors (Lipinski definition) is 3. The van der Waals surface area contributed by atoms with Gasteiger partial charge in [-0.25, -0.2) is 0 Å². The number of hydrogen-bond acceptors (Lipinski definition) is 7. The lowest BCUT2D eigenvalue weighted by molar-refractivity contribution is -0.0771. The van der Waals surface area contributed by atoms with Crippen LogP contribution in [-0.4, -0.2) is 58.8 Å². The Morgan fingerprint density at radius 1 is 1.27 bits per heavy atom. The van der Waals surface area contributed by atoms with Crippen LogP contribution in [0.3, 0.4) is 0 Å². The van der Waals surface area contributed by atoms with Crippen molar-refractivity contribution in [3.8, 4) is 0 Å². The molecule has 166 valence electrons. The van der Waals surface area contributed by atoms with Crippen LogP contribution in [0.2, 0.25) is 0 Å². The third kappa shape index (κ3) is 4.18. The van der Waals surface area contributed by atoms with Crippen LogP contribution in [0.5, 0.6) is 0 Å². The molecule has 2 saturated heterocycles. The molecule has 2 fully saturated rings. The molecule has 5 rings (SSSR count). The number of thiophene rings is 1. The zero-order valence-electron chi connectivity index (χ0n) is 16.7. The Kier molecular flexibility index (Phi) is 7.29. The minimum absolute atomic E-state index is 0. The van der Waals surface area contributed by atoms with E-state index < -0.39 is 0 Å². The van der Waals surface area contributed by atoms with Crippen molar-refractivity contribution in [3.63, 3.8) is 0 Å². The van der Waals surface area contributed by atoms with E-state index in [0.717, 1.165) is 75.6 Å². The maximum absolute atomic E-state index is 13.2. The van der Waals surface area contributed by atoms with E-state index in [1.807, 2.05) is 4.90 Å². The number of rotatable bonds is 2. The monoisotopic (exact) mass is 474 g/mol. The second kappa shape index (κ2) is 9.40. The summed E-state index contributed by atoms with van der Waals surface area (Å²) in [5.41, 5.74) is 6.75. The smallest absolute Gasteiger partial charge is 0.263 e. The highest BCUT2D eigenvalue weighted by Gasteiger charge is 2.41. The predicted octanol–water partition coefficient (Wildman–Crippen LogP) is 2.46. The van der Waals surface area contributed by atoms with Gasteiger partial charge in [0.25, 0.3) is 5.91 Å². The predicted molar refractivity (Wildman–Crippen MR) is 121 cm³/mol. The number of nitrogens with zero attached hydrogens (tertiary/aromatic N) is 3. The average Bonchev–Trinajstić information content (AvgIpc) is 3.36. The first-order valence-corrected chi connectivity index (χ1v) is 10.9. The Bertz CT molecular complexity index is 874. The van der Waals surface area contributed by atoms with Crippen molar-refractivity contribution < 1.29 is 9.53 Å². The molecule has 3 aliphatic rings. The van der Waals surface area contributed by atoms with E-state index in [1.54, 1.807) is 11.3 Å².